The summed E-state index contributed by atoms with van der Waals surface area (Å²) in [4.78, 5) is 38.1. The molecule has 0 aliphatic rings. The molecule has 40 heavy (non-hydrogen) atoms. The lowest BCUT2D eigenvalue weighted by molar-refractivity contribution is -0.210. The van der Waals surface area contributed by atoms with Gasteiger partial charge in [-0.2, -0.15) is 0 Å². The predicted octanol–water partition coefficient (Wildman–Crippen LogP) is 6.68. The number of carbonyl (C=O) groups excluding carboxylic acids is 2. The third kappa shape index (κ3) is 8.95. The van der Waals surface area contributed by atoms with Gasteiger partial charge in [0.25, 0.3) is 0 Å². The largest absolute Gasteiger partial charge is 0.352 e. The summed E-state index contributed by atoms with van der Waals surface area (Å²) in [5.74, 6) is 0.0643. The maximum atomic E-state index is 13.4. The Bertz CT molecular complexity index is 1350. The number of hydrogen-bond donors (Lipinski definition) is 1. The molecule has 0 atom stereocenters. The third-order valence-electron chi connectivity index (χ3n) is 6.53. The van der Waals surface area contributed by atoms with Gasteiger partial charge < -0.3 is 5.32 Å². The minimum atomic E-state index is -0.511. The van der Waals surface area contributed by atoms with Crippen molar-refractivity contribution < 1.29 is 19.4 Å². The Kier molecular flexibility index (Phi) is 10.6. The van der Waals surface area contributed by atoms with Crippen molar-refractivity contribution in [3.63, 3.8) is 0 Å². The molecule has 6 nitrogen and oxygen atoms in total. The van der Waals surface area contributed by atoms with E-state index < -0.39 is 5.97 Å². The minimum Gasteiger partial charge on any atom is -0.352 e. The Morgan fingerprint density at radius 2 is 1.55 bits per heavy atom. The highest BCUT2D eigenvalue weighted by Crippen LogP contribution is 2.31. The molecule has 204 valence electrons. The summed E-state index contributed by atoms with van der Waals surface area (Å²) in [5, 5.41) is 3.11. The lowest BCUT2D eigenvalue weighted by Gasteiger charge is -2.19. The molecule has 0 spiro atoms. The molecular weight excluding hydrogens is 500 g/mol. The first-order valence-electron chi connectivity index (χ1n) is 13.5. The van der Waals surface area contributed by atoms with Crippen molar-refractivity contribution in [3.05, 3.63) is 137 Å². The number of amides is 1. The normalized spacial score (nSPS) is 11.2. The molecule has 4 rings (SSSR count). The zero-order valence-electron chi connectivity index (χ0n) is 22.7. The SMILES string of the molecule is CC(=O)OOc1cccc(CCCNC(=O)/C(=C/c2ccncc2)CCC(c2ccccc2)c2ccccc2)c1. The first-order chi connectivity index (χ1) is 19.6. The van der Waals surface area contributed by atoms with E-state index in [1.807, 2.05) is 48.5 Å². The number of nitrogens with one attached hydrogen (secondary N) is 1. The smallest absolute Gasteiger partial charge is 0.352 e. The molecule has 1 aromatic heterocycles. The van der Waals surface area contributed by atoms with Crippen molar-refractivity contribution in [3.8, 4) is 5.75 Å². The van der Waals surface area contributed by atoms with Gasteiger partial charge in [-0.05, 0) is 78.3 Å². The second-order valence-corrected chi connectivity index (χ2v) is 9.53. The van der Waals surface area contributed by atoms with Gasteiger partial charge in [0.1, 0.15) is 0 Å². The van der Waals surface area contributed by atoms with E-state index in [0.717, 1.165) is 36.0 Å². The third-order valence-corrected chi connectivity index (χ3v) is 6.53. The van der Waals surface area contributed by atoms with Crippen LogP contribution in [0.25, 0.3) is 6.08 Å². The highest BCUT2D eigenvalue weighted by atomic mass is 17.2. The molecule has 0 saturated carbocycles. The number of hydrogen-bond acceptors (Lipinski definition) is 5. The van der Waals surface area contributed by atoms with Gasteiger partial charge in [0.2, 0.25) is 5.91 Å². The summed E-state index contributed by atoms with van der Waals surface area (Å²) in [7, 11) is 0. The van der Waals surface area contributed by atoms with E-state index >= 15 is 0 Å². The molecule has 0 radical (unpaired) electrons. The van der Waals surface area contributed by atoms with Crippen LogP contribution in [0.5, 0.6) is 5.75 Å². The maximum absolute atomic E-state index is 13.4. The van der Waals surface area contributed by atoms with E-state index in [9.17, 15) is 9.59 Å². The molecular formula is C34H34N2O4. The van der Waals surface area contributed by atoms with Crippen molar-refractivity contribution in [2.45, 2.75) is 38.5 Å². The van der Waals surface area contributed by atoms with Gasteiger partial charge >= 0.3 is 5.97 Å². The summed E-state index contributed by atoms with van der Waals surface area (Å²) < 4.78 is 0. The molecule has 0 unspecified atom stereocenters. The van der Waals surface area contributed by atoms with Crippen LogP contribution in [0.15, 0.2) is 115 Å². The first-order valence-corrected chi connectivity index (χ1v) is 13.5. The van der Waals surface area contributed by atoms with Gasteiger partial charge in [0.15, 0.2) is 5.75 Å². The molecule has 6 heteroatoms. The second-order valence-electron chi connectivity index (χ2n) is 9.53. The standard InChI is InChI=1S/C34H34N2O4/c1-26(37)39-40-32-16-8-10-27(25-32)11-9-21-36-34(38)31(24-28-19-22-35-23-20-28)17-18-33(29-12-4-2-5-13-29)30-14-6-3-7-15-30/h2-8,10,12-16,19-20,22-25,33H,9,11,17-18,21H2,1H3,(H,36,38)/b31-24+. The van der Waals surface area contributed by atoms with Gasteiger partial charge in [0, 0.05) is 37.4 Å². The van der Waals surface area contributed by atoms with E-state index in [-0.39, 0.29) is 11.8 Å². The highest BCUT2D eigenvalue weighted by Gasteiger charge is 2.17. The van der Waals surface area contributed by atoms with Crippen LogP contribution in [0, 0.1) is 0 Å². The average Bonchev–Trinajstić information content (AvgIpc) is 2.99. The van der Waals surface area contributed by atoms with E-state index in [1.54, 1.807) is 18.5 Å². The molecule has 4 aromatic rings. The van der Waals surface area contributed by atoms with Crippen LogP contribution >= 0.6 is 0 Å². The zero-order valence-corrected chi connectivity index (χ0v) is 22.7. The molecule has 1 heterocycles. The van der Waals surface area contributed by atoms with Crippen molar-refractivity contribution in [2.75, 3.05) is 6.54 Å². The summed E-state index contributed by atoms with van der Waals surface area (Å²) in [5.41, 5.74) is 5.18. The maximum Gasteiger partial charge on any atom is 0.352 e. The Morgan fingerprint density at radius 1 is 0.875 bits per heavy atom. The minimum absolute atomic E-state index is 0.0661. The molecule has 0 bridgehead atoms. The number of benzene rings is 3. The van der Waals surface area contributed by atoms with Gasteiger partial charge in [-0.25, -0.2) is 4.79 Å². The van der Waals surface area contributed by atoms with Gasteiger partial charge in [-0.1, -0.05) is 72.8 Å². The van der Waals surface area contributed by atoms with Crippen LogP contribution in [-0.2, 0) is 20.9 Å². The van der Waals surface area contributed by atoms with Crippen LogP contribution in [0.3, 0.4) is 0 Å². The molecule has 0 aliphatic carbocycles. The van der Waals surface area contributed by atoms with Crippen molar-refractivity contribution in [2.24, 2.45) is 0 Å². The quantitative estimate of drug-likeness (QED) is 0.0896. The van der Waals surface area contributed by atoms with Crippen LogP contribution in [0.1, 0.15) is 54.4 Å². The number of aromatic nitrogens is 1. The van der Waals surface area contributed by atoms with Gasteiger partial charge in [0.05, 0.1) is 0 Å². The summed E-state index contributed by atoms with van der Waals surface area (Å²) >= 11 is 0. The summed E-state index contributed by atoms with van der Waals surface area (Å²) in [6.45, 7) is 1.82. The Morgan fingerprint density at radius 3 is 2.20 bits per heavy atom. The van der Waals surface area contributed by atoms with E-state index in [2.05, 4.69) is 63.7 Å². The number of nitrogens with zero attached hydrogens (tertiary/aromatic N) is 1. The average molecular weight is 535 g/mol. The number of carbonyl (C=O) groups is 2. The van der Waals surface area contributed by atoms with Gasteiger partial charge in [-0.3, -0.25) is 19.6 Å². The molecule has 1 amide bonds. The Hall–Kier alpha value is -4.71. The zero-order chi connectivity index (χ0) is 28.0. The monoisotopic (exact) mass is 534 g/mol. The van der Waals surface area contributed by atoms with E-state index in [0.29, 0.717) is 18.7 Å². The van der Waals surface area contributed by atoms with Gasteiger partial charge in [-0.15, -0.1) is 0 Å². The fourth-order valence-corrected chi connectivity index (χ4v) is 4.58. The van der Waals surface area contributed by atoms with Crippen LogP contribution in [-0.4, -0.2) is 23.4 Å². The van der Waals surface area contributed by atoms with E-state index in [4.69, 9.17) is 4.89 Å². The molecule has 0 saturated heterocycles. The molecule has 1 N–H and O–H groups in total. The molecule has 3 aromatic carbocycles. The number of pyridine rings is 1. The fraction of sp³-hybridized carbons (Fsp3) is 0.206. The number of aryl methyl sites for hydroxylation is 1. The van der Waals surface area contributed by atoms with Crippen molar-refractivity contribution in [1.82, 2.24) is 10.3 Å². The Labute approximate surface area is 235 Å². The van der Waals surface area contributed by atoms with E-state index in [1.165, 1.54) is 18.1 Å². The topological polar surface area (TPSA) is 77.5 Å². The van der Waals surface area contributed by atoms with Crippen molar-refractivity contribution >= 4 is 18.0 Å². The second kappa shape index (κ2) is 15.0. The predicted molar refractivity (Wildman–Crippen MR) is 156 cm³/mol. The lowest BCUT2D eigenvalue weighted by atomic mass is 9.86. The summed E-state index contributed by atoms with van der Waals surface area (Å²) in [6, 6.07) is 32.1. The van der Waals surface area contributed by atoms with Crippen LogP contribution < -0.4 is 10.2 Å². The fourth-order valence-electron chi connectivity index (χ4n) is 4.58. The summed E-state index contributed by atoms with van der Waals surface area (Å²) in [6.07, 6.45) is 8.34. The first kappa shape index (κ1) is 28.3. The lowest BCUT2D eigenvalue weighted by Crippen LogP contribution is -2.26. The highest BCUT2D eigenvalue weighted by molar-refractivity contribution is 5.97. The van der Waals surface area contributed by atoms with Crippen molar-refractivity contribution in [1.29, 1.82) is 0 Å². The number of rotatable bonds is 13. The molecule has 0 fully saturated rings. The van der Waals surface area contributed by atoms with Crippen LogP contribution in [0.2, 0.25) is 0 Å². The molecule has 0 aliphatic heterocycles. The Balaban J connectivity index is 1.41. The van der Waals surface area contributed by atoms with Crippen LogP contribution in [0.4, 0.5) is 0 Å².